The lowest BCUT2D eigenvalue weighted by Crippen LogP contribution is -2.38. The number of aromatic amines is 1. The molecule has 3 N–H and O–H groups in total. The van der Waals surface area contributed by atoms with Crippen LogP contribution in [0.2, 0.25) is 0 Å². The predicted octanol–water partition coefficient (Wildman–Crippen LogP) is 5.07. The van der Waals surface area contributed by atoms with Crippen LogP contribution in [0.15, 0.2) is 42.5 Å². The van der Waals surface area contributed by atoms with Gasteiger partial charge in [-0.2, -0.15) is 0 Å². The monoisotopic (exact) mass is 500 g/mol. The Kier molecular flexibility index (Phi) is 7.24. The van der Waals surface area contributed by atoms with Gasteiger partial charge in [0.1, 0.15) is 5.82 Å². The van der Waals surface area contributed by atoms with Crippen LogP contribution in [0.25, 0.3) is 22.8 Å². The average Bonchev–Trinajstić information content (AvgIpc) is 3.35. The number of nitrogens with one attached hydrogen (secondary N) is 3. The van der Waals surface area contributed by atoms with Crippen LogP contribution < -0.4 is 10.6 Å². The molecule has 0 radical (unpaired) electrons. The van der Waals surface area contributed by atoms with Crippen LogP contribution in [0, 0.1) is 19.7 Å². The summed E-state index contributed by atoms with van der Waals surface area (Å²) in [6, 6.07) is 12.0. The summed E-state index contributed by atoms with van der Waals surface area (Å²) in [5.74, 6) is -0.579. The van der Waals surface area contributed by atoms with E-state index in [1.165, 1.54) is 25.3 Å². The Balaban J connectivity index is 1.37. The van der Waals surface area contributed by atoms with Crippen molar-refractivity contribution in [2.75, 3.05) is 31.5 Å². The fourth-order valence-electron chi connectivity index (χ4n) is 5.42. The van der Waals surface area contributed by atoms with Crippen molar-refractivity contribution in [2.45, 2.75) is 39.5 Å². The van der Waals surface area contributed by atoms with Crippen molar-refractivity contribution in [3.05, 3.63) is 76.4 Å². The molecule has 1 saturated heterocycles. The number of fused-ring (bicyclic) bond motifs is 1. The molecule has 6 nitrogen and oxygen atoms in total. The van der Waals surface area contributed by atoms with E-state index in [1.54, 1.807) is 18.2 Å². The molecule has 0 unspecified atom stereocenters. The average molecular weight is 501 g/mol. The summed E-state index contributed by atoms with van der Waals surface area (Å²) in [7, 11) is 0. The zero-order valence-electron chi connectivity index (χ0n) is 21.4. The molecule has 1 aromatic heterocycles. The van der Waals surface area contributed by atoms with Gasteiger partial charge in [-0.25, -0.2) is 4.39 Å². The number of H-pyrrole nitrogens is 1. The minimum absolute atomic E-state index is 0.00722. The van der Waals surface area contributed by atoms with Gasteiger partial charge < -0.3 is 20.5 Å². The molecule has 2 aliphatic rings. The molecule has 3 heterocycles. The zero-order chi connectivity index (χ0) is 25.9. The number of aryl methyl sites for hydroxylation is 1. The van der Waals surface area contributed by atoms with Gasteiger partial charge in [0, 0.05) is 41.3 Å². The topological polar surface area (TPSA) is 77.2 Å². The zero-order valence-corrected chi connectivity index (χ0v) is 21.4. The van der Waals surface area contributed by atoms with Crippen molar-refractivity contribution in [1.82, 2.24) is 15.2 Å². The Morgan fingerprint density at radius 3 is 2.59 bits per heavy atom. The number of hydrogen-bond donors (Lipinski definition) is 3. The van der Waals surface area contributed by atoms with E-state index in [4.69, 9.17) is 0 Å². The summed E-state index contributed by atoms with van der Waals surface area (Å²) in [5.41, 5.74) is 6.45. The first kappa shape index (κ1) is 25.0. The fourth-order valence-corrected chi connectivity index (χ4v) is 5.42. The number of rotatable bonds is 7. The van der Waals surface area contributed by atoms with Crippen LogP contribution in [0.4, 0.5) is 10.1 Å². The van der Waals surface area contributed by atoms with Crippen molar-refractivity contribution in [1.29, 1.82) is 0 Å². The number of carbonyl (C=O) groups is 2. The van der Waals surface area contributed by atoms with Gasteiger partial charge >= 0.3 is 0 Å². The number of piperidine rings is 1. The number of benzene rings is 2. The Morgan fingerprint density at radius 2 is 1.81 bits per heavy atom. The Morgan fingerprint density at radius 1 is 1.05 bits per heavy atom. The van der Waals surface area contributed by atoms with Crippen molar-refractivity contribution >= 4 is 29.2 Å². The highest BCUT2D eigenvalue weighted by Gasteiger charge is 2.28. The van der Waals surface area contributed by atoms with Crippen LogP contribution in [0.1, 0.15) is 47.3 Å². The lowest BCUT2D eigenvalue weighted by Gasteiger charge is -2.26. The molecular weight excluding hydrogens is 467 g/mol. The minimum atomic E-state index is -0.338. The number of halogens is 1. The predicted molar refractivity (Wildman–Crippen MR) is 146 cm³/mol. The number of nitrogens with zero attached hydrogens (tertiary/aromatic N) is 1. The van der Waals surface area contributed by atoms with Gasteiger partial charge in [0.2, 0.25) is 5.91 Å². The molecule has 1 fully saturated rings. The summed E-state index contributed by atoms with van der Waals surface area (Å²) in [6.45, 7) is 7.65. The van der Waals surface area contributed by atoms with Crippen molar-refractivity contribution in [3.8, 4) is 11.1 Å². The van der Waals surface area contributed by atoms with Crippen LogP contribution in [-0.2, 0) is 16.0 Å². The number of aromatic nitrogens is 1. The van der Waals surface area contributed by atoms with Crippen molar-refractivity contribution in [2.24, 2.45) is 0 Å². The maximum atomic E-state index is 14.7. The van der Waals surface area contributed by atoms with Crippen LogP contribution in [0.3, 0.4) is 0 Å². The fraction of sp³-hybridized carbons (Fsp3) is 0.333. The highest BCUT2D eigenvalue weighted by Crippen LogP contribution is 2.41. The van der Waals surface area contributed by atoms with Gasteiger partial charge in [0.25, 0.3) is 5.91 Å². The second-order valence-corrected chi connectivity index (χ2v) is 9.92. The van der Waals surface area contributed by atoms with Crippen LogP contribution in [-0.4, -0.2) is 47.9 Å². The standard InChI is InChI=1S/C30H33FN4O2/c1-19-23(18-28(36)32-13-16-35-14-6-3-7-15-35)20(2)33-27(19)17-24-29-22(21-9-4-5-11-25(21)31)10-8-12-26(29)34-30(24)37/h4-5,8-12,17,33H,3,6-7,13-16,18H2,1-2H3,(H,32,36)(H,34,37). The van der Waals surface area contributed by atoms with Gasteiger partial charge in [0.15, 0.2) is 0 Å². The number of anilines is 1. The molecule has 2 aliphatic heterocycles. The van der Waals surface area contributed by atoms with E-state index in [0.717, 1.165) is 42.1 Å². The van der Waals surface area contributed by atoms with Gasteiger partial charge in [-0.3, -0.25) is 9.59 Å². The molecule has 0 saturated carbocycles. The van der Waals surface area contributed by atoms with Gasteiger partial charge in [-0.15, -0.1) is 0 Å². The lowest BCUT2D eigenvalue weighted by molar-refractivity contribution is -0.120. The molecule has 5 rings (SSSR count). The van der Waals surface area contributed by atoms with E-state index in [0.29, 0.717) is 34.5 Å². The third-order valence-corrected chi connectivity index (χ3v) is 7.45. The lowest BCUT2D eigenvalue weighted by atomic mass is 9.93. The molecule has 192 valence electrons. The summed E-state index contributed by atoms with van der Waals surface area (Å²) < 4.78 is 14.7. The van der Waals surface area contributed by atoms with E-state index in [1.807, 2.05) is 38.1 Å². The van der Waals surface area contributed by atoms with Gasteiger partial charge in [-0.05, 0) is 74.7 Å². The van der Waals surface area contributed by atoms with E-state index in [-0.39, 0.29) is 24.1 Å². The summed E-state index contributed by atoms with van der Waals surface area (Å²) in [5, 5.41) is 5.97. The first-order valence-corrected chi connectivity index (χ1v) is 13.0. The van der Waals surface area contributed by atoms with Crippen LogP contribution in [0.5, 0.6) is 0 Å². The molecule has 7 heteroatoms. The summed E-state index contributed by atoms with van der Waals surface area (Å²) in [4.78, 5) is 31.4. The largest absolute Gasteiger partial charge is 0.359 e. The van der Waals surface area contributed by atoms with Crippen molar-refractivity contribution < 1.29 is 14.0 Å². The number of amides is 2. The molecule has 0 atom stereocenters. The molecule has 0 aliphatic carbocycles. The van der Waals surface area contributed by atoms with E-state index < -0.39 is 0 Å². The maximum Gasteiger partial charge on any atom is 0.256 e. The molecule has 0 spiro atoms. The molecule has 0 bridgehead atoms. The normalized spacial score (nSPS) is 16.6. The highest BCUT2D eigenvalue weighted by molar-refractivity contribution is 6.36. The SMILES string of the molecule is Cc1[nH]c(C=C2C(=O)Nc3cccc(-c4ccccc4F)c32)c(C)c1CC(=O)NCCN1CCCCC1. The van der Waals surface area contributed by atoms with E-state index in [9.17, 15) is 14.0 Å². The smallest absolute Gasteiger partial charge is 0.256 e. The second-order valence-electron chi connectivity index (χ2n) is 9.92. The van der Waals surface area contributed by atoms with Gasteiger partial charge in [0.05, 0.1) is 12.0 Å². The third-order valence-electron chi connectivity index (χ3n) is 7.45. The van der Waals surface area contributed by atoms with E-state index in [2.05, 4.69) is 20.5 Å². The summed E-state index contributed by atoms with van der Waals surface area (Å²) in [6.07, 6.45) is 5.85. The van der Waals surface area contributed by atoms with Gasteiger partial charge in [-0.1, -0.05) is 36.8 Å². The number of likely N-dealkylation sites (tertiary alicyclic amines) is 1. The molecule has 2 amide bonds. The number of hydrogen-bond acceptors (Lipinski definition) is 3. The molecular formula is C30H33FN4O2. The van der Waals surface area contributed by atoms with Crippen molar-refractivity contribution in [3.63, 3.8) is 0 Å². The quantitative estimate of drug-likeness (QED) is 0.396. The Bertz CT molecular complexity index is 1370. The van der Waals surface area contributed by atoms with E-state index >= 15 is 0 Å². The maximum absolute atomic E-state index is 14.7. The first-order valence-electron chi connectivity index (χ1n) is 13.0. The third kappa shape index (κ3) is 5.23. The minimum Gasteiger partial charge on any atom is -0.359 e. The first-order chi connectivity index (χ1) is 17.9. The van der Waals surface area contributed by atoms with Crippen LogP contribution >= 0.6 is 0 Å². The Hall–Kier alpha value is -3.71. The second kappa shape index (κ2) is 10.7. The summed E-state index contributed by atoms with van der Waals surface area (Å²) >= 11 is 0. The highest BCUT2D eigenvalue weighted by atomic mass is 19.1. The number of carbonyl (C=O) groups excluding carboxylic acids is 2. The Labute approximate surface area is 217 Å². The molecule has 2 aromatic carbocycles. The molecule has 37 heavy (non-hydrogen) atoms. The molecule has 3 aromatic rings.